The fraction of sp³-hybridized carbons (Fsp3) is 0.182. The summed E-state index contributed by atoms with van der Waals surface area (Å²) in [5.41, 5.74) is 1.77. The molecule has 14 heavy (non-hydrogen) atoms. The summed E-state index contributed by atoms with van der Waals surface area (Å²) in [6.45, 7) is 1.81. The Balaban J connectivity index is 3.11. The molecule has 0 spiro atoms. The van der Waals surface area contributed by atoms with Crippen LogP contribution in [-0.2, 0) is 4.79 Å². The maximum atomic E-state index is 10.5. The fourth-order valence-corrected chi connectivity index (χ4v) is 1.90. The van der Waals surface area contributed by atoms with Gasteiger partial charge in [-0.05, 0) is 30.4 Å². The molecule has 0 aliphatic rings. The number of hydrogen-bond donors (Lipinski definition) is 1. The van der Waals surface area contributed by atoms with Crippen molar-refractivity contribution in [3.63, 3.8) is 0 Å². The summed E-state index contributed by atoms with van der Waals surface area (Å²) in [7, 11) is 0. The number of carbonyl (C=O) groups is 1. The molecule has 0 saturated carbocycles. The van der Waals surface area contributed by atoms with E-state index in [0.717, 1.165) is 16.0 Å². The van der Waals surface area contributed by atoms with Crippen molar-refractivity contribution in [2.75, 3.05) is 6.26 Å². The van der Waals surface area contributed by atoms with E-state index < -0.39 is 5.97 Å². The third-order valence-corrected chi connectivity index (χ3v) is 2.67. The molecular formula is C11H12O2S. The fourth-order valence-electron chi connectivity index (χ4n) is 1.23. The highest BCUT2D eigenvalue weighted by atomic mass is 32.2. The molecule has 2 nitrogen and oxygen atoms in total. The second-order valence-electron chi connectivity index (χ2n) is 2.87. The third kappa shape index (κ3) is 2.64. The van der Waals surface area contributed by atoms with Crippen molar-refractivity contribution < 1.29 is 9.90 Å². The van der Waals surface area contributed by atoms with E-state index >= 15 is 0 Å². The van der Waals surface area contributed by atoms with Crippen LogP contribution in [0.3, 0.4) is 0 Å². The van der Waals surface area contributed by atoms with Gasteiger partial charge >= 0.3 is 5.97 Å². The average Bonchev–Trinajstić information content (AvgIpc) is 2.16. The largest absolute Gasteiger partial charge is 0.478 e. The Labute approximate surface area is 87.6 Å². The normalized spacial score (nSPS) is 11.4. The van der Waals surface area contributed by atoms with E-state index in [9.17, 15) is 4.79 Å². The number of aliphatic carboxylic acids is 1. The first kappa shape index (κ1) is 10.9. The molecule has 0 aliphatic heterocycles. The summed E-state index contributed by atoms with van der Waals surface area (Å²) in [6, 6.07) is 7.78. The minimum atomic E-state index is -0.904. The monoisotopic (exact) mass is 208 g/mol. The maximum Gasteiger partial charge on any atom is 0.328 e. The Morgan fingerprint density at radius 3 is 2.64 bits per heavy atom. The quantitative estimate of drug-likeness (QED) is 0.613. The van der Waals surface area contributed by atoms with Gasteiger partial charge in [-0.1, -0.05) is 18.2 Å². The van der Waals surface area contributed by atoms with Crippen LogP contribution in [0.5, 0.6) is 0 Å². The molecule has 0 bridgehead atoms. The predicted molar refractivity (Wildman–Crippen MR) is 59.5 cm³/mol. The average molecular weight is 208 g/mol. The summed E-state index contributed by atoms with van der Waals surface area (Å²) in [4.78, 5) is 11.6. The van der Waals surface area contributed by atoms with Gasteiger partial charge in [0.2, 0.25) is 0 Å². The first-order valence-electron chi connectivity index (χ1n) is 4.19. The van der Waals surface area contributed by atoms with Crippen LogP contribution < -0.4 is 0 Å². The molecule has 0 unspecified atom stereocenters. The summed E-state index contributed by atoms with van der Waals surface area (Å²) in [5, 5.41) is 8.63. The van der Waals surface area contributed by atoms with E-state index in [1.807, 2.05) is 37.4 Å². The predicted octanol–water partition coefficient (Wildman–Crippen LogP) is 2.90. The molecule has 0 saturated heterocycles. The molecule has 0 aromatic heterocycles. The standard InChI is InChI=1S/C11H12O2S/c1-8(7-11(12)13)9-5-3-4-6-10(9)14-2/h3-7H,1-2H3,(H,12,13)/b8-7+. The molecule has 0 atom stereocenters. The van der Waals surface area contributed by atoms with Crippen LogP contribution in [-0.4, -0.2) is 17.3 Å². The Morgan fingerprint density at radius 1 is 1.43 bits per heavy atom. The van der Waals surface area contributed by atoms with Gasteiger partial charge in [-0.3, -0.25) is 0 Å². The highest BCUT2D eigenvalue weighted by molar-refractivity contribution is 7.98. The molecule has 0 radical (unpaired) electrons. The van der Waals surface area contributed by atoms with E-state index in [2.05, 4.69) is 0 Å². The van der Waals surface area contributed by atoms with Gasteiger partial charge in [-0.2, -0.15) is 0 Å². The molecule has 74 valence electrons. The zero-order chi connectivity index (χ0) is 10.6. The summed E-state index contributed by atoms with van der Waals surface area (Å²) >= 11 is 1.62. The second-order valence-corrected chi connectivity index (χ2v) is 3.71. The number of hydrogen-bond acceptors (Lipinski definition) is 2. The smallest absolute Gasteiger partial charge is 0.328 e. The van der Waals surface area contributed by atoms with Crippen molar-refractivity contribution in [1.82, 2.24) is 0 Å². The van der Waals surface area contributed by atoms with Gasteiger partial charge in [0, 0.05) is 11.0 Å². The van der Waals surface area contributed by atoms with E-state index in [1.165, 1.54) is 6.08 Å². The molecule has 1 rings (SSSR count). The minimum Gasteiger partial charge on any atom is -0.478 e. The van der Waals surface area contributed by atoms with Crippen LogP contribution in [0.4, 0.5) is 0 Å². The minimum absolute atomic E-state index is 0.780. The Bertz CT molecular complexity index is 369. The van der Waals surface area contributed by atoms with Gasteiger partial charge < -0.3 is 5.11 Å². The zero-order valence-electron chi connectivity index (χ0n) is 8.15. The van der Waals surface area contributed by atoms with Crippen LogP contribution >= 0.6 is 11.8 Å². The van der Waals surface area contributed by atoms with Gasteiger partial charge in [0.05, 0.1) is 0 Å². The highest BCUT2D eigenvalue weighted by Crippen LogP contribution is 2.25. The van der Waals surface area contributed by atoms with Crippen LogP contribution in [0.2, 0.25) is 0 Å². The van der Waals surface area contributed by atoms with Crippen molar-refractivity contribution in [3.8, 4) is 0 Å². The third-order valence-electron chi connectivity index (χ3n) is 1.87. The van der Waals surface area contributed by atoms with E-state index in [4.69, 9.17) is 5.11 Å². The maximum absolute atomic E-state index is 10.5. The summed E-state index contributed by atoms with van der Waals surface area (Å²) in [6.07, 6.45) is 3.21. The highest BCUT2D eigenvalue weighted by Gasteiger charge is 2.03. The second kappa shape index (κ2) is 4.86. The molecule has 1 N–H and O–H groups in total. The van der Waals surface area contributed by atoms with Gasteiger partial charge in [0.25, 0.3) is 0 Å². The lowest BCUT2D eigenvalue weighted by atomic mass is 10.1. The van der Waals surface area contributed by atoms with E-state index in [-0.39, 0.29) is 0 Å². The van der Waals surface area contributed by atoms with Crippen molar-refractivity contribution >= 4 is 23.3 Å². The lowest BCUT2D eigenvalue weighted by molar-refractivity contribution is -0.131. The first-order valence-corrected chi connectivity index (χ1v) is 5.42. The van der Waals surface area contributed by atoms with Crippen molar-refractivity contribution in [2.24, 2.45) is 0 Å². The molecular weight excluding hydrogens is 196 g/mol. The number of allylic oxidation sites excluding steroid dienone is 1. The van der Waals surface area contributed by atoms with E-state index in [1.54, 1.807) is 11.8 Å². The number of thioether (sulfide) groups is 1. The molecule has 3 heteroatoms. The van der Waals surface area contributed by atoms with Crippen molar-refractivity contribution in [1.29, 1.82) is 0 Å². The number of carboxylic acids is 1. The molecule has 0 heterocycles. The van der Waals surface area contributed by atoms with Crippen LogP contribution in [0.15, 0.2) is 35.2 Å². The SMILES string of the molecule is CSc1ccccc1/C(C)=C/C(=O)O. The molecule has 0 fully saturated rings. The van der Waals surface area contributed by atoms with Crippen LogP contribution in [0.1, 0.15) is 12.5 Å². The topological polar surface area (TPSA) is 37.3 Å². The number of rotatable bonds is 3. The molecule has 1 aromatic rings. The van der Waals surface area contributed by atoms with Crippen LogP contribution in [0, 0.1) is 0 Å². The number of carboxylic acid groups (broad SMARTS) is 1. The van der Waals surface area contributed by atoms with Crippen LogP contribution in [0.25, 0.3) is 5.57 Å². The van der Waals surface area contributed by atoms with Gasteiger partial charge in [0.1, 0.15) is 0 Å². The lowest BCUT2D eigenvalue weighted by Gasteiger charge is -2.06. The molecule has 0 aliphatic carbocycles. The summed E-state index contributed by atoms with van der Waals surface area (Å²) in [5.74, 6) is -0.904. The Kier molecular flexibility index (Phi) is 3.77. The Hall–Kier alpha value is -1.22. The number of benzene rings is 1. The van der Waals surface area contributed by atoms with Crippen molar-refractivity contribution in [2.45, 2.75) is 11.8 Å². The molecule has 0 amide bonds. The Morgan fingerprint density at radius 2 is 2.07 bits per heavy atom. The van der Waals surface area contributed by atoms with Gasteiger partial charge in [-0.25, -0.2) is 4.79 Å². The first-order chi connectivity index (χ1) is 6.65. The zero-order valence-corrected chi connectivity index (χ0v) is 8.97. The van der Waals surface area contributed by atoms with Gasteiger partial charge in [0.15, 0.2) is 0 Å². The van der Waals surface area contributed by atoms with Gasteiger partial charge in [-0.15, -0.1) is 11.8 Å². The van der Waals surface area contributed by atoms with E-state index in [0.29, 0.717) is 0 Å². The molecule has 1 aromatic carbocycles. The summed E-state index contributed by atoms with van der Waals surface area (Å²) < 4.78 is 0. The van der Waals surface area contributed by atoms with Crippen molar-refractivity contribution in [3.05, 3.63) is 35.9 Å². The lowest BCUT2D eigenvalue weighted by Crippen LogP contribution is -1.91.